The Bertz CT molecular complexity index is 936. The second-order valence-corrected chi connectivity index (χ2v) is 6.57. The number of nitro benzene ring substituents is 1. The van der Waals surface area contributed by atoms with E-state index < -0.39 is 4.92 Å². The number of carbonyl (C=O) groups excluding carboxylic acids is 1. The minimum atomic E-state index is -0.405. The highest BCUT2D eigenvalue weighted by molar-refractivity contribution is 6.01. The van der Waals surface area contributed by atoms with Crippen molar-refractivity contribution in [3.8, 4) is 0 Å². The molecule has 1 saturated carbocycles. The first kappa shape index (κ1) is 16.2. The molecule has 0 aromatic heterocycles. The Morgan fingerprint density at radius 2 is 1.23 bits per heavy atom. The number of rotatable bonds is 5. The van der Waals surface area contributed by atoms with E-state index in [2.05, 4.69) is 0 Å². The molecule has 0 amide bonds. The maximum Gasteiger partial charge on any atom is 0.269 e. The van der Waals surface area contributed by atoms with Crippen LogP contribution in [0.15, 0.2) is 84.9 Å². The Hall–Kier alpha value is -3.27. The molecule has 0 aliphatic heterocycles. The smallest absolute Gasteiger partial charge is 0.269 e. The zero-order valence-corrected chi connectivity index (χ0v) is 14.0. The van der Waals surface area contributed by atoms with Crippen LogP contribution in [0.3, 0.4) is 0 Å². The molecule has 4 nitrogen and oxygen atoms in total. The minimum absolute atomic E-state index is 0.0471. The predicted octanol–water partition coefficient (Wildman–Crippen LogP) is 4.97. The summed E-state index contributed by atoms with van der Waals surface area (Å²) in [6.45, 7) is 0. The Balaban J connectivity index is 1.68. The number of Topliss-reactive ketones (excluding diaryl/α,β-unsaturated/α-hetero) is 1. The van der Waals surface area contributed by atoms with Gasteiger partial charge in [-0.2, -0.15) is 0 Å². The number of non-ortho nitro benzene ring substituents is 1. The molecule has 0 saturated heterocycles. The number of nitrogens with zero attached hydrogens (tertiary/aromatic N) is 1. The quantitative estimate of drug-likeness (QED) is 0.373. The van der Waals surface area contributed by atoms with E-state index in [0.717, 1.165) is 11.1 Å². The molecular formula is C22H17NO3. The average Bonchev–Trinajstić information content (AvgIpc) is 3.44. The first-order valence-corrected chi connectivity index (χ1v) is 8.55. The predicted molar refractivity (Wildman–Crippen MR) is 99.3 cm³/mol. The van der Waals surface area contributed by atoms with E-state index in [9.17, 15) is 14.9 Å². The third-order valence-electron chi connectivity index (χ3n) is 5.05. The van der Waals surface area contributed by atoms with Crippen LogP contribution in [0.5, 0.6) is 0 Å². The molecule has 1 aliphatic carbocycles. The van der Waals surface area contributed by atoms with Gasteiger partial charge in [-0.25, -0.2) is 0 Å². The van der Waals surface area contributed by atoms with Crippen molar-refractivity contribution in [2.24, 2.45) is 5.92 Å². The van der Waals surface area contributed by atoms with Crippen molar-refractivity contribution < 1.29 is 9.72 Å². The fourth-order valence-corrected chi connectivity index (χ4v) is 3.75. The number of hydrogen-bond donors (Lipinski definition) is 0. The molecule has 0 spiro atoms. The molecule has 4 rings (SSSR count). The molecule has 0 bridgehead atoms. The van der Waals surface area contributed by atoms with Gasteiger partial charge < -0.3 is 0 Å². The van der Waals surface area contributed by atoms with Crippen LogP contribution in [0.4, 0.5) is 5.69 Å². The van der Waals surface area contributed by atoms with Gasteiger partial charge in [0, 0.05) is 35.4 Å². The third-order valence-corrected chi connectivity index (χ3v) is 5.05. The van der Waals surface area contributed by atoms with Gasteiger partial charge in [-0.3, -0.25) is 14.9 Å². The highest BCUT2D eigenvalue weighted by Gasteiger charge is 2.55. The summed E-state index contributed by atoms with van der Waals surface area (Å²) in [7, 11) is 0. The average molecular weight is 343 g/mol. The summed E-state index contributed by atoms with van der Waals surface area (Å²) >= 11 is 0. The number of ketones is 1. The Labute approximate surface area is 151 Å². The molecule has 3 atom stereocenters. The summed E-state index contributed by atoms with van der Waals surface area (Å²) in [5.41, 5.74) is 2.88. The topological polar surface area (TPSA) is 60.2 Å². The van der Waals surface area contributed by atoms with Gasteiger partial charge in [-0.1, -0.05) is 72.8 Å². The van der Waals surface area contributed by atoms with Crippen molar-refractivity contribution >= 4 is 11.5 Å². The van der Waals surface area contributed by atoms with Crippen LogP contribution in [0.2, 0.25) is 0 Å². The normalized spacial score (nSPS) is 21.2. The maximum absolute atomic E-state index is 13.0. The van der Waals surface area contributed by atoms with Gasteiger partial charge in [-0.05, 0) is 11.1 Å². The van der Waals surface area contributed by atoms with Gasteiger partial charge in [0.25, 0.3) is 5.69 Å². The van der Waals surface area contributed by atoms with Crippen molar-refractivity contribution in [2.75, 3.05) is 0 Å². The lowest BCUT2D eigenvalue weighted by Crippen LogP contribution is -2.04. The van der Waals surface area contributed by atoms with Crippen LogP contribution < -0.4 is 0 Å². The van der Waals surface area contributed by atoms with E-state index in [1.54, 1.807) is 12.1 Å². The van der Waals surface area contributed by atoms with E-state index >= 15 is 0 Å². The highest BCUT2D eigenvalue weighted by Crippen LogP contribution is 2.61. The number of carbonyl (C=O) groups is 1. The number of benzene rings is 3. The number of hydrogen-bond acceptors (Lipinski definition) is 3. The summed E-state index contributed by atoms with van der Waals surface area (Å²) in [5, 5.41) is 10.9. The van der Waals surface area contributed by atoms with Crippen LogP contribution in [-0.2, 0) is 0 Å². The van der Waals surface area contributed by atoms with Gasteiger partial charge in [0.2, 0.25) is 0 Å². The fourth-order valence-electron chi connectivity index (χ4n) is 3.75. The highest BCUT2D eigenvalue weighted by atomic mass is 16.6. The third kappa shape index (κ3) is 2.90. The summed E-state index contributed by atoms with van der Waals surface area (Å²) in [6.07, 6.45) is 0. The first-order valence-electron chi connectivity index (χ1n) is 8.55. The lowest BCUT2D eigenvalue weighted by molar-refractivity contribution is -0.384. The maximum atomic E-state index is 13.0. The van der Waals surface area contributed by atoms with Crippen molar-refractivity contribution in [1.82, 2.24) is 0 Å². The number of nitro groups is 1. The van der Waals surface area contributed by atoms with Crippen LogP contribution >= 0.6 is 0 Å². The monoisotopic (exact) mass is 343 g/mol. The zero-order chi connectivity index (χ0) is 18.1. The molecule has 128 valence electrons. The molecule has 26 heavy (non-hydrogen) atoms. The standard InChI is InChI=1S/C22H17NO3/c24-22(17-9-5-2-6-10-17)21-19(15-7-3-1-4-8-15)20(21)16-11-13-18(14-12-16)23(25)26/h1-14,19-21H. The van der Waals surface area contributed by atoms with Crippen molar-refractivity contribution in [3.05, 3.63) is 112 Å². The molecular weight excluding hydrogens is 326 g/mol. The lowest BCUT2D eigenvalue weighted by Gasteiger charge is -2.01. The Kier molecular flexibility index (Phi) is 4.09. The molecule has 3 unspecified atom stereocenters. The first-order chi connectivity index (χ1) is 12.7. The van der Waals surface area contributed by atoms with Gasteiger partial charge in [0.05, 0.1) is 4.92 Å². The summed E-state index contributed by atoms with van der Waals surface area (Å²) in [5.74, 6) is 0.139. The zero-order valence-electron chi connectivity index (χ0n) is 14.0. The van der Waals surface area contributed by atoms with Gasteiger partial charge in [0.15, 0.2) is 5.78 Å². The van der Waals surface area contributed by atoms with Gasteiger partial charge in [0.1, 0.15) is 0 Å². The summed E-state index contributed by atoms with van der Waals surface area (Å²) in [4.78, 5) is 23.5. The van der Waals surface area contributed by atoms with Crippen LogP contribution in [-0.4, -0.2) is 10.7 Å². The summed E-state index contributed by atoms with van der Waals surface area (Å²) < 4.78 is 0. The Morgan fingerprint density at radius 3 is 1.77 bits per heavy atom. The second-order valence-electron chi connectivity index (χ2n) is 6.57. The van der Waals surface area contributed by atoms with Crippen molar-refractivity contribution in [2.45, 2.75) is 11.8 Å². The molecule has 1 aliphatic rings. The molecule has 3 aromatic rings. The summed E-state index contributed by atoms with van der Waals surface area (Å²) in [6, 6.07) is 25.9. The molecule has 1 fully saturated rings. The minimum Gasteiger partial charge on any atom is -0.294 e. The lowest BCUT2D eigenvalue weighted by atomic mass is 10.0. The molecule has 3 aromatic carbocycles. The largest absolute Gasteiger partial charge is 0.294 e. The van der Waals surface area contributed by atoms with Crippen LogP contribution in [0.1, 0.15) is 33.3 Å². The van der Waals surface area contributed by atoms with Crippen LogP contribution in [0.25, 0.3) is 0 Å². The SMILES string of the molecule is O=C(c1ccccc1)C1C(c2ccccc2)C1c1ccc([N+](=O)[O-])cc1. The molecule has 0 heterocycles. The van der Waals surface area contributed by atoms with E-state index in [1.807, 2.05) is 60.7 Å². The van der Waals surface area contributed by atoms with Crippen molar-refractivity contribution in [1.29, 1.82) is 0 Å². The van der Waals surface area contributed by atoms with E-state index in [1.165, 1.54) is 12.1 Å². The molecule has 0 N–H and O–H groups in total. The van der Waals surface area contributed by atoms with E-state index in [0.29, 0.717) is 5.56 Å². The van der Waals surface area contributed by atoms with Gasteiger partial charge >= 0.3 is 0 Å². The van der Waals surface area contributed by atoms with Crippen LogP contribution in [0, 0.1) is 16.0 Å². The van der Waals surface area contributed by atoms with E-state index in [-0.39, 0.29) is 29.2 Å². The molecule has 0 radical (unpaired) electrons. The Morgan fingerprint density at radius 1 is 0.731 bits per heavy atom. The molecule has 4 heteroatoms. The van der Waals surface area contributed by atoms with Crippen molar-refractivity contribution in [3.63, 3.8) is 0 Å². The van der Waals surface area contributed by atoms with E-state index in [4.69, 9.17) is 0 Å². The van der Waals surface area contributed by atoms with Gasteiger partial charge in [-0.15, -0.1) is 0 Å². The second kappa shape index (κ2) is 6.56. The fraction of sp³-hybridized carbons (Fsp3) is 0.136.